The zero-order chi connectivity index (χ0) is 15.4. The Labute approximate surface area is 132 Å². The largest absolute Gasteiger partial charge is 0.457 e. The van der Waals surface area contributed by atoms with Gasteiger partial charge in [-0.1, -0.05) is 42.5 Å². The van der Waals surface area contributed by atoms with E-state index >= 15 is 0 Å². The van der Waals surface area contributed by atoms with E-state index in [0.717, 1.165) is 33.6 Å². The fourth-order valence-electron chi connectivity index (χ4n) is 2.31. The quantitative estimate of drug-likeness (QED) is 0.364. The molecule has 1 aliphatic rings. The first-order valence-electron chi connectivity index (χ1n) is 6.73. The van der Waals surface area contributed by atoms with Crippen molar-refractivity contribution in [3.05, 3.63) is 65.7 Å². The van der Waals surface area contributed by atoms with Crippen LogP contribution in [0.5, 0.6) is 0 Å². The molecule has 5 heteroatoms. The van der Waals surface area contributed by atoms with Gasteiger partial charge in [-0.2, -0.15) is 4.33 Å². The Kier molecular flexibility index (Phi) is 4.58. The average molecular weight is 314 g/mol. The number of carbonyl (C=O) groups is 1. The molecule has 0 saturated carbocycles. The number of carbonyl (C=O) groups excluding carboxylic acids is 1. The monoisotopic (exact) mass is 314 g/mol. The van der Waals surface area contributed by atoms with Gasteiger partial charge in [0.2, 0.25) is 0 Å². The highest BCUT2D eigenvalue weighted by Crippen LogP contribution is 2.33. The average Bonchev–Trinajstić information content (AvgIpc) is 2.96. The van der Waals surface area contributed by atoms with Crippen LogP contribution in [0.3, 0.4) is 0 Å². The van der Waals surface area contributed by atoms with Gasteiger partial charge in [0.15, 0.2) is 0 Å². The van der Waals surface area contributed by atoms with Crippen LogP contribution >= 0.6 is 12.0 Å². The molecule has 0 unspecified atom stereocenters. The van der Waals surface area contributed by atoms with Crippen molar-refractivity contribution in [1.29, 1.82) is 0 Å². The third-order valence-corrected chi connectivity index (χ3v) is 3.99. The molecule has 3 rings (SSSR count). The smallest absolute Gasteiger partial charge is 0.339 e. The molecule has 22 heavy (non-hydrogen) atoms. The molecule has 0 fully saturated rings. The van der Waals surface area contributed by atoms with Gasteiger partial charge in [0, 0.05) is 10.5 Å². The summed E-state index contributed by atoms with van der Waals surface area (Å²) in [6.07, 6.45) is 0. The molecule has 4 nitrogen and oxygen atoms in total. The van der Waals surface area contributed by atoms with Crippen LogP contribution in [0, 0.1) is 0 Å². The highest BCUT2D eigenvalue weighted by Gasteiger charge is 2.26. The van der Waals surface area contributed by atoms with Crippen LogP contribution in [-0.2, 0) is 18.8 Å². The molecule has 1 aliphatic heterocycles. The summed E-state index contributed by atoms with van der Waals surface area (Å²) in [4.78, 5) is 17.5. The number of esters is 1. The third kappa shape index (κ3) is 3.06. The predicted molar refractivity (Wildman–Crippen MR) is 84.6 cm³/mol. The van der Waals surface area contributed by atoms with Crippen LogP contribution in [-0.4, -0.2) is 19.7 Å². The van der Waals surface area contributed by atoms with Crippen LogP contribution < -0.4 is 0 Å². The van der Waals surface area contributed by atoms with Crippen LogP contribution in [0.25, 0.3) is 11.1 Å². The van der Waals surface area contributed by atoms with Crippen molar-refractivity contribution in [1.82, 2.24) is 0 Å². The van der Waals surface area contributed by atoms with Crippen molar-refractivity contribution in [2.75, 3.05) is 13.7 Å². The standard InChI is InChI=1S/C17H14O4S/c1-19-21-22-14-9-7-12(8-10-14)15-11-20-17(18)16(15)13-5-3-2-4-6-13/h2-10H,11H2,1H3. The van der Waals surface area contributed by atoms with E-state index in [4.69, 9.17) is 9.07 Å². The second kappa shape index (κ2) is 6.79. The molecule has 112 valence electrons. The van der Waals surface area contributed by atoms with Crippen LogP contribution in [0.15, 0.2) is 59.5 Å². The van der Waals surface area contributed by atoms with Crippen molar-refractivity contribution in [3.8, 4) is 0 Å². The summed E-state index contributed by atoms with van der Waals surface area (Å²) in [7, 11) is 1.46. The summed E-state index contributed by atoms with van der Waals surface area (Å²) in [6, 6.07) is 17.3. The second-order valence-corrected chi connectivity index (χ2v) is 5.41. The first kappa shape index (κ1) is 14.8. The highest BCUT2D eigenvalue weighted by atomic mass is 32.2. The Balaban J connectivity index is 1.94. The van der Waals surface area contributed by atoms with E-state index in [1.165, 1.54) is 7.11 Å². The Morgan fingerprint density at radius 3 is 2.41 bits per heavy atom. The number of cyclic esters (lactones) is 1. The van der Waals surface area contributed by atoms with E-state index in [0.29, 0.717) is 12.2 Å². The van der Waals surface area contributed by atoms with Gasteiger partial charge in [0.05, 0.1) is 24.7 Å². The summed E-state index contributed by atoms with van der Waals surface area (Å²) in [6.45, 7) is 0.296. The van der Waals surface area contributed by atoms with Crippen LogP contribution in [0.2, 0.25) is 0 Å². The molecular formula is C17H14O4S. The third-order valence-electron chi connectivity index (χ3n) is 3.32. The summed E-state index contributed by atoms with van der Waals surface area (Å²) in [5.41, 5.74) is 3.38. The Morgan fingerprint density at radius 2 is 1.73 bits per heavy atom. The topological polar surface area (TPSA) is 44.8 Å². The molecule has 0 N–H and O–H groups in total. The fourth-order valence-corrected chi connectivity index (χ4v) is 2.71. The molecule has 2 aromatic rings. The molecule has 0 saturated heterocycles. The SMILES string of the molecule is COOSc1ccc(C2=C(c3ccccc3)C(=O)OC2)cc1. The van der Waals surface area contributed by atoms with Gasteiger partial charge in [0.25, 0.3) is 0 Å². The highest BCUT2D eigenvalue weighted by molar-refractivity contribution is 7.94. The minimum absolute atomic E-state index is 0.276. The molecular weight excluding hydrogens is 300 g/mol. The van der Waals surface area contributed by atoms with Gasteiger partial charge in [-0.15, -0.1) is 0 Å². The number of benzene rings is 2. The number of hydrogen-bond acceptors (Lipinski definition) is 5. The van der Waals surface area contributed by atoms with Crippen LogP contribution in [0.1, 0.15) is 11.1 Å². The summed E-state index contributed by atoms with van der Waals surface area (Å²) < 4.78 is 10.0. The van der Waals surface area contributed by atoms with E-state index in [-0.39, 0.29) is 5.97 Å². The van der Waals surface area contributed by atoms with E-state index in [2.05, 4.69) is 4.89 Å². The lowest BCUT2D eigenvalue weighted by atomic mass is 9.97. The summed E-state index contributed by atoms with van der Waals surface area (Å²) in [5.74, 6) is -0.276. The van der Waals surface area contributed by atoms with Gasteiger partial charge < -0.3 is 4.74 Å². The molecule has 1 heterocycles. The fraction of sp³-hybridized carbons (Fsp3) is 0.118. The van der Waals surface area contributed by atoms with Gasteiger partial charge in [0.1, 0.15) is 6.61 Å². The van der Waals surface area contributed by atoms with Crippen LogP contribution in [0.4, 0.5) is 0 Å². The minimum Gasteiger partial charge on any atom is -0.457 e. The number of rotatable bonds is 5. The van der Waals surface area contributed by atoms with Crippen molar-refractivity contribution in [3.63, 3.8) is 0 Å². The normalized spacial score (nSPS) is 14.3. The lowest BCUT2D eigenvalue weighted by molar-refractivity contribution is -0.160. The van der Waals surface area contributed by atoms with Gasteiger partial charge >= 0.3 is 5.97 Å². The summed E-state index contributed by atoms with van der Waals surface area (Å²) in [5, 5.41) is 0. The predicted octanol–water partition coefficient (Wildman–Crippen LogP) is 3.74. The minimum atomic E-state index is -0.276. The van der Waals surface area contributed by atoms with Gasteiger partial charge in [-0.25, -0.2) is 9.68 Å². The van der Waals surface area contributed by atoms with Crippen molar-refractivity contribution >= 4 is 29.2 Å². The second-order valence-electron chi connectivity index (χ2n) is 4.64. The Hall–Kier alpha value is -2.08. The van der Waals surface area contributed by atoms with Gasteiger partial charge in [-0.3, -0.25) is 0 Å². The zero-order valence-corrected chi connectivity index (χ0v) is 12.8. The molecule has 0 amide bonds. The van der Waals surface area contributed by atoms with Crippen molar-refractivity contribution < 1.29 is 18.8 Å². The van der Waals surface area contributed by atoms with E-state index in [1.807, 2.05) is 54.6 Å². The molecule has 0 atom stereocenters. The molecule has 0 bridgehead atoms. The van der Waals surface area contributed by atoms with E-state index < -0.39 is 0 Å². The van der Waals surface area contributed by atoms with Crippen molar-refractivity contribution in [2.24, 2.45) is 0 Å². The number of hydrogen-bond donors (Lipinski definition) is 0. The summed E-state index contributed by atoms with van der Waals surface area (Å²) >= 11 is 1.13. The lowest BCUT2D eigenvalue weighted by Crippen LogP contribution is -1.98. The molecule has 2 aromatic carbocycles. The maximum Gasteiger partial charge on any atom is 0.339 e. The molecule has 0 radical (unpaired) electrons. The first-order valence-corrected chi connectivity index (χ1v) is 7.47. The molecule has 0 aliphatic carbocycles. The maximum absolute atomic E-state index is 12.0. The Bertz CT molecular complexity index is 692. The Morgan fingerprint density at radius 1 is 1.00 bits per heavy atom. The van der Waals surface area contributed by atoms with E-state index in [9.17, 15) is 4.79 Å². The first-order chi connectivity index (χ1) is 10.8. The molecule has 0 spiro atoms. The van der Waals surface area contributed by atoms with Crippen molar-refractivity contribution in [2.45, 2.75) is 4.90 Å². The maximum atomic E-state index is 12.0. The molecule has 0 aromatic heterocycles. The lowest BCUT2D eigenvalue weighted by Gasteiger charge is -2.05. The zero-order valence-electron chi connectivity index (χ0n) is 11.9. The van der Waals surface area contributed by atoms with E-state index in [1.54, 1.807) is 0 Å². The number of ether oxygens (including phenoxy) is 1. The van der Waals surface area contributed by atoms with Gasteiger partial charge in [-0.05, 0) is 23.3 Å².